The summed E-state index contributed by atoms with van der Waals surface area (Å²) in [5.41, 5.74) is 6.89. The maximum Gasteiger partial charge on any atom is -0.0152 e. The number of aryl methyl sites for hydroxylation is 2. The highest BCUT2D eigenvalue weighted by molar-refractivity contribution is 5.68. The first kappa shape index (κ1) is 12.9. The van der Waals surface area contributed by atoms with Crippen LogP contribution in [0.15, 0.2) is 42.5 Å². The van der Waals surface area contributed by atoms with Crippen molar-refractivity contribution in [2.24, 2.45) is 0 Å². The fourth-order valence-electron chi connectivity index (χ4n) is 2.30. The van der Waals surface area contributed by atoms with Crippen molar-refractivity contribution < 1.29 is 0 Å². The zero-order valence-corrected chi connectivity index (χ0v) is 11.7. The number of rotatable bonds is 4. The normalized spacial score (nSPS) is 10.6. The first-order chi connectivity index (χ1) is 8.72. The van der Waals surface area contributed by atoms with Crippen LogP contribution in [0.3, 0.4) is 0 Å². The average molecular weight is 238 g/mol. The molecule has 2 aromatic rings. The highest BCUT2D eigenvalue weighted by atomic mass is 14.1. The second kappa shape index (κ2) is 5.86. The summed E-state index contributed by atoms with van der Waals surface area (Å²) in [5, 5.41) is 0. The van der Waals surface area contributed by atoms with E-state index in [1.165, 1.54) is 47.1 Å². The molecule has 0 saturated heterocycles. The van der Waals surface area contributed by atoms with E-state index in [9.17, 15) is 0 Å². The lowest BCUT2D eigenvalue weighted by Gasteiger charge is -2.09. The summed E-state index contributed by atoms with van der Waals surface area (Å²) < 4.78 is 0. The maximum atomic E-state index is 2.27. The Kier molecular flexibility index (Phi) is 4.19. The van der Waals surface area contributed by atoms with Gasteiger partial charge in [0.15, 0.2) is 0 Å². The molecule has 18 heavy (non-hydrogen) atoms. The number of benzene rings is 2. The summed E-state index contributed by atoms with van der Waals surface area (Å²) in [5.74, 6) is 0. The lowest BCUT2D eigenvalue weighted by Crippen LogP contribution is -1.88. The average Bonchev–Trinajstić information content (AvgIpc) is 2.40. The number of hydrogen-bond acceptors (Lipinski definition) is 0. The Labute approximate surface area is 111 Å². The molecule has 0 bridgehead atoms. The molecule has 2 aromatic carbocycles. The van der Waals surface area contributed by atoms with Crippen LogP contribution < -0.4 is 0 Å². The third kappa shape index (κ3) is 2.81. The monoisotopic (exact) mass is 238 g/mol. The van der Waals surface area contributed by atoms with E-state index in [1.54, 1.807) is 0 Å². The van der Waals surface area contributed by atoms with Crippen molar-refractivity contribution in [2.45, 2.75) is 40.0 Å². The first-order valence-electron chi connectivity index (χ1n) is 6.88. The van der Waals surface area contributed by atoms with Gasteiger partial charge >= 0.3 is 0 Å². The number of hydrogen-bond donors (Lipinski definition) is 0. The second-order valence-electron chi connectivity index (χ2n) is 5.05. The van der Waals surface area contributed by atoms with Crippen LogP contribution in [-0.2, 0) is 6.42 Å². The molecule has 94 valence electrons. The SMILES string of the molecule is CCCCc1ccc(-c2cccc(C)c2C)cc1. The summed E-state index contributed by atoms with van der Waals surface area (Å²) in [4.78, 5) is 0. The van der Waals surface area contributed by atoms with Crippen molar-refractivity contribution in [3.8, 4) is 11.1 Å². The predicted octanol–water partition coefficient (Wildman–Crippen LogP) is 5.31. The van der Waals surface area contributed by atoms with Crippen LogP contribution in [0.1, 0.15) is 36.5 Å². The summed E-state index contributed by atoms with van der Waals surface area (Å²) in [6, 6.07) is 15.6. The molecule has 0 atom stereocenters. The molecule has 0 unspecified atom stereocenters. The van der Waals surface area contributed by atoms with Crippen LogP contribution in [-0.4, -0.2) is 0 Å². The van der Waals surface area contributed by atoms with E-state index in [2.05, 4.69) is 63.2 Å². The minimum absolute atomic E-state index is 1.20. The lowest BCUT2D eigenvalue weighted by atomic mass is 9.96. The Morgan fingerprint density at radius 2 is 1.61 bits per heavy atom. The predicted molar refractivity (Wildman–Crippen MR) is 80.0 cm³/mol. The fraction of sp³-hybridized carbons (Fsp3) is 0.333. The molecule has 0 radical (unpaired) electrons. The topological polar surface area (TPSA) is 0 Å². The Bertz CT molecular complexity index is 506. The van der Waals surface area contributed by atoms with Gasteiger partial charge in [-0.2, -0.15) is 0 Å². The van der Waals surface area contributed by atoms with Crippen LogP contribution in [0.4, 0.5) is 0 Å². The molecule has 0 heterocycles. The van der Waals surface area contributed by atoms with Crippen LogP contribution in [0.2, 0.25) is 0 Å². The molecule has 0 amide bonds. The highest BCUT2D eigenvalue weighted by Gasteiger charge is 2.03. The lowest BCUT2D eigenvalue weighted by molar-refractivity contribution is 0.795. The van der Waals surface area contributed by atoms with Gasteiger partial charge in [0.05, 0.1) is 0 Å². The van der Waals surface area contributed by atoms with Gasteiger partial charge in [-0.25, -0.2) is 0 Å². The molecule has 0 spiro atoms. The minimum atomic E-state index is 1.20. The second-order valence-corrected chi connectivity index (χ2v) is 5.05. The summed E-state index contributed by atoms with van der Waals surface area (Å²) in [6.45, 7) is 6.62. The Morgan fingerprint density at radius 1 is 0.889 bits per heavy atom. The van der Waals surface area contributed by atoms with Crippen molar-refractivity contribution in [3.05, 3.63) is 59.2 Å². The Balaban J connectivity index is 2.26. The highest BCUT2D eigenvalue weighted by Crippen LogP contribution is 2.25. The maximum absolute atomic E-state index is 2.27. The molecule has 0 aliphatic carbocycles. The van der Waals surface area contributed by atoms with E-state index in [4.69, 9.17) is 0 Å². The molecule has 0 fully saturated rings. The zero-order valence-electron chi connectivity index (χ0n) is 11.7. The van der Waals surface area contributed by atoms with Crippen molar-refractivity contribution in [2.75, 3.05) is 0 Å². The van der Waals surface area contributed by atoms with E-state index in [-0.39, 0.29) is 0 Å². The van der Waals surface area contributed by atoms with Gasteiger partial charge in [0, 0.05) is 0 Å². The third-order valence-corrected chi connectivity index (χ3v) is 3.69. The van der Waals surface area contributed by atoms with Gasteiger partial charge in [0.1, 0.15) is 0 Å². The zero-order chi connectivity index (χ0) is 13.0. The van der Waals surface area contributed by atoms with Gasteiger partial charge in [-0.05, 0) is 54.5 Å². The van der Waals surface area contributed by atoms with E-state index >= 15 is 0 Å². The summed E-state index contributed by atoms with van der Waals surface area (Å²) in [7, 11) is 0. The quantitative estimate of drug-likeness (QED) is 0.677. The molecule has 0 saturated carbocycles. The Hall–Kier alpha value is -1.56. The van der Waals surface area contributed by atoms with Crippen molar-refractivity contribution in [3.63, 3.8) is 0 Å². The molecule has 2 rings (SSSR count). The van der Waals surface area contributed by atoms with Crippen molar-refractivity contribution in [1.29, 1.82) is 0 Å². The van der Waals surface area contributed by atoms with Gasteiger partial charge in [-0.15, -0.1) is 0 Å². The largest absolute Gasteiger partial charge is 0.0654 e. The summed E-state index contributed by atoms with van der Waals surface area (Å²) in [6.07, 6.45) is 3.74. The van der Waals surface area contributed by atoms with Gasteiger partial charge in [0.2, 0.25) is 0 Å². The van der Waals surface area contributed by atoms with E-state index in [1.807, 2.05) is 0 Å². The van der Waals surface area contributed by atoms with Gasteiger partial charge < -0.3 is 0 Å². The Morgan fingerprint density at radius 3 is 2.28 bits per heavy atom. The van der Waals surface area contributed by atoms with Crippen LogP contribution in [0.25, 0.3) is 11.1 Å². The molecule has 0 aliphatic rings. The summed E-state index contributed by atoms with van der Waals surface area (Å²) >= 11 is 0. The van der Waals surface area contributed by atoms with Gasteiger partial charge in [-0.3, -0.25) is 0 Å². The molecule has 0 nitrogen and oxygen atoms in total. The van der Waals surface area contributed by atoms with E-state index < -0.39 is 0 Å². The molecule has 0 aromatic heterocycles. The smallest absolute Gasteiger partial charge is 0.0152 e. The number of unbranched alkanes of at least 4 members (excludes halogenated alkanes) is 1. The minimum Gasteiger partial charge on any atom is -0.0654 e. The van der Waals surface area contributed by atoms with Crippen LogP contribution in [0, 0.1) is 13.8 Å². The standard InChI is InChI=1S/C18H22/c1-4-5-8-16-10-12-17(13-11-16)18-9-6-7-14(2)15(18)3/h6-7,9-13H,4-5,8H2,1-3H3. The first-order valence-corrected chi connectivity index (χ1v) is 6.88. The van der Waals surface area contributed by atoms with Crippen molar-refractivity contribution in [1.82, 2.24) is 0 Å². The van der Waals surface area contributed by atoms with E-state index in [0.29, 0.717) is 0 Å². The third-order valence-electron chi connectivity index (χ3n) is 3.69. The van der Waals surface area contributed by atoms with Crippen LogP contribution >= 0.6 is 0 Å². The molecule has 0 heteroatoms. The van der Waals surface area contributed by atoms with Gasteiger partial charge in [-0.1, -0.05) is 55.8 Å². The molecular weight excluding hydrogens is 216 g/mol. The molecule has 0 aliphatic heterocycles. The van der Waals surface area contributed by atoms with E-state index in [0.717, 1.165) is 0 Å². The fourth-order valence-corrected chi connectivity index (χ4v) is 2.30. The molecule has 0 N–H and O–H groups in total. The van der Waals surface area contributed by atoms with Crippen LogP contribution in [0.5, 0.6) is 0 Å². The van der Waals surface area contributed by atoms with Crippen molar-refractivity contribution >= 4 is 0 Å². The van der Waals surface area contributed by atoms with Gasteiger partial charge in [0.25, 0.3) is 0 Å². The molecular formula is C18H22.